The fourth-order valence-corrected chi connectivity index (χ4v) is 2.67. The van der Waals surface area contributed by atoms with E-state index in [9.17, 15) is 9.90 Å². The zero-order valence-electron chi connectivity index (χ0n) is 9.37. The summed E-state index contributed by atoms with van der Waals surface area (Å²) < 4.78 is 0. The molecule has 2 N–H and O–H groups in total. The molecule has 0 aliphatic carbocycles. The van der Waals surface area contributed by atoms with Crippen LogP contribution in [0.3, 0.4) is 0 Å². The molecule has 3 nitrogen and oxygen atoms in total. The van der Waals surface area contributed by atoms with Gasteiger partial charge in [-0.25, -0.2) is 4.79 Å². The highest BCUT2D eigenvalue weighted by molar-refractivity contribution is 7.12. The van der Waals surface area contributed by atoms with E-state index in [-0.39, 0.29) is 5.92 Å². The molecule has 0 fully saturated rings. The van der Waals surface area contributed by atoms with E-state index >= 15 is 0 Å². The topological polar surface area (TPSA) is 57.5 Å². The standard InChI is InChI=1S/C11H16O3S/c1-6(2)11(14,10(12)13)9-5-7(3)15-8(9)4/h5-6,14H,1-4H3,(H,12,13). The van der Waals surface area contributed by atoms with Crippen LogP contribution in [0.1, 0.15) is 29.2 Å². The zero-order chi connectivity index (χ0) is 11.8. The average Bonchev–Trinajstić information content (AvgIpc) is 2.43. The molecule has 0 radical (unpaired) electrons. The molecule has 0 aliphatic rings. The molecular formula is C11H16O3S. The van der Waals surface area contributed by atoms with E-state index in [4.69, 9.17) is 5.11 Å². The molecule has 0 spiro atoms. The second-order valence-electron chi connectivity index (χ2n) is 4.05. The normalized spacial score (nSPS) is 15.3. The lowest BCUT2D eigenvalue weighted by Crippen LogP contribution is -2.40. The maximum Gasteiger partial charge on any atom is 0.340 e. The number of aliphatic hydroxyl groups is 1. The molecule has 0 aromatic carbocycles. The second-order valence-corrected chi connectivity index (χ2v) is 5.51. The Kier molecular flexibility index (Phi) is 3.21. The Bertz CT molecular complexity index is 381. The van der Waals surface area contributed by atoms with Gasteiger partial charge >= 0.3 is 5.97 Å². The van der Waals surface area contributed by atoms with Crippen molar-refractivity contribution in [2.24, 2.45) is 5.92 Å². The van der Waals surface area contributed by atoms with E-state index in [1.54, 1.807) is 19.9 Å². The molecule has 0 amide bonds. The average molecular weight is 228 g/mol. The van der Waals surface area contributed by atoms with Crippen LogP contribution in [0.15, 0.2) is 6.07 Å². The molecule has 1 heterocycles. The van der Waals surface area contributed by atoms with E-state index in [0.29, 0.717) is 5.56 Å². The predicted molar refractivity (Wildman–Crippen MR) is 60.2 cm³/mol. The lowest BCUT2D eigenvalue weighted by molar-refractivity contribution is -0.165. The van der Waals surface area contributed by atoms with Gasteiger partial charge in [-0.05, 0) is 25.8 Å². The first-order chi connectivity index (χ1) is 6.80. The van der Waals surface area contributed by atoms with Crippen LogP contribution >= 0.6 is 11.3 Å². The van der Waals surface area contributed by atoms with Crippen molar-refractivity contribution in [2.75, 3.05) is 0 Å². The quantitative estimate of drug-likeness (QED) is 0.834. The number of hydrogen-bond donors (Lipinski definition) is 2. The summed E-state index contributed by atoms with van der Waals surface area (Å²) in [7, 11) is 0. The van der Waals surface area contributed by atoms with E-state index in [2.05, 4.69) is 0 Å². The zero-order valence-corrected chi connectivity index (χ0v) is 10.2. The predicted octanol–water partition coefficient (Wildman–Crippen LogP) is 2.29. The third-order valence-corrected chi connectivity index (χ3v) is 3.58. The maximum atomic E-state index is 11.2. The van der Waals surface area contributed by atoms with Crippen LogP contribution in [0.2, 0.25) is 0 Å². The molecule has 1 atom stereocenters. The first-order valence-corrected chi connectivity index (χ1v) is 5.65. The monoisotopic (exact) mass is 228 g/mol. The highest BCUT2D eigenvalue weighted by Gasteiger charge is 2.43. The van der Waals surface area contributed by atoms with Gasteiger partial charge in [0.25, 0.3) is 0 Å². The molecular weight excluding hydrogens is 212 g/mol. The van der Waals surface area contributed by atoms with Crippen molar-refractivity contribution < 1.29 is 15.0 Å². The fourth-order valence-electron chi connectivity index (χ4n) is 1.68. The van der Waals surface area contributed by atoms with Gasteiger partial charge in [0.2, 0.25) is 0 Å². The Balaban J connectivity index is 3.33. The number of carbonyl (C=O) groups is 1. The van der Waals surface area contributed by atoms with Gasteiger partial charge < -0.3 is 10.2 Å². The van der Waals surface area contributed by atoms with Gasteiger partial charge in [-0.1, -0.05) is 13.8 Å². The van der Waals surface area contributed by atoms with E-state index in [0.717, 1.165) is 9.75 Å². The minimum atomic E-state index is -1.77. The number of rotatable bonds is 3. The third kappa shape index (κ3) is 1.92. The molecule has 1 aromatic rings. The van der Waals surface area contributed by atoms with Gasteiger partial charge in [-0.2, -0.15) is 0 Å². The number of thiophene rings is 1. The minimum absolute atomic E-state index is 0.359. The summed E-state index contributed by atoms with van der Waals surface area (Å²) in [6.45, 7) is 7.16. The Morgan fingerprint density at radius 1 is 1.47 bits per heavy atom. The summed E-state index contributed by atoms with van der Waals surface area (Å²) in [6.07, 6.45) is 0. The molecule has 0 bridgehead atoms. The number of carboxylic acids is 1. The van der Waals surface area contributed by atoms with Crippen LogP contribution in [0.4, 0.5) is 0 Å². The minimum Gasteiger partial charge on any atom is -0.479 e. The Labute approximate surface area is 93.4 Å². The number of aliphatic carboxylic acids is 1. The second kappa shape index (κ2) is 3.94. The van der Waals surface area contributed by atoms with Gasteiger partial charge in [0.05, 0.1) is 0 Å². The van der Waals surface area contributed by atoms with Crippen LogP contribution in [-0.4, -0.2) is 16.2 Å². The highest BCUT2D eigenvalue weighted by Crippen LogP contribution is 2.36. The van der Waals surface area contributed by atoms with E-state index < -0.39 is 11.6 Å². The SMILES string of the molecule is Cc1cc(C(O)(C(=O)O)C(C)C)c(C)s1. The third-order valence-electron chi connectivity index (χ3n) is 2.61. The Morgan fingerprint density at radius 3 is 2.27 bits per heavy atom. The van der Waals surface area contributed by atoms with Crippen molar-refractivity contribution in [3.63, 3.8) is 0 Å². The van der Waals surface area contributed by atoms with Gasteiger partial charge in [0, 0.05) is 15.3 Å². The maximum absolute atomic E-state index is 11.2. The molecule has 84 valence electrons. The molecule has 0 aliphatic heterocycles. The molecule has 1 aromatic heterocycles. The number of carboxylic acid groups (broad SMARTS) is 1. The summed E-state index contributed by atoms with van der Waals surface area (Å²) >= 11 is 1.51. The van der Waals surface area contributed by atoms with Crippen molar-refractivity contribution in [3.05, 3.63) is 21.4 Å². The van der Waals surface area contributed by atoms with E-state index in [1.165, 1.54) is 11.3 Å². The highest BCUT2D eigenvalue weighted by atomic mass is 32.1. The number of hydrogen-bond acceptors (Lipinski definition) is 3. The Morgan fingerprint density at radius 2 is 2.00 bits per heavy atom. The van der Waals surface area contributed by atoms with Gasteiger partial charge in [-0.3, -0.25) is 0 Å². The summed E-state index contributed by atoms with van der Waals surface area (Å²) in [4.78, 5) is 13.1. The molecule has 15 heavy (non-hydrogen) atoms. The fraction of sp³-hybridized carbons (Fsp3) is 0.545. The largest absolute Gasteiger partial charge is 0.479 e. The van der Waals surface area contributed by atoms with E-state index in [1.807, 2.05) is 13.8 Å². The van der Waals surface area contributed by atoms with Gasteiger partial charge in [0.15, 0.2) is 5.60 Å². The van der Waals surface area contributed by atoms with Gasteiger partial charge in [0.1, 0.15) is 0 Å². The first-order valence-electron chi connectivity index (χ1n) is 4.83. The van der Waals surface area contributed by atoms with Crippen LogP contribution in [0.25, 0.3) is 0 Å². The lowest BCUT2D eigenvalue weighted by atomic mass is 9.83. The van der Waals surface area contributed by atoms with Crippen LogP contribution < -0.4 is 0 Å². The van der Waals surface area contributed by atoms with Crippen LogP contribution in [0.5, 0.6) is 0 Å². The van der Waals surface area contributed by atoms with Crippen LogP contribution in [0, 0.1) is 19.8 Å². The molecule has 1 rings (SSSR count). The molecule has 0 saturated heterocycles. The van der Waals surface area contributed by atoms with Crippen molar-refractivity contribution in [1.82, 2.24) is 0 Å². The number of aryl methyl sites for hydroxylation is 2. The molecule has 0 saturated carbocycles. The molecule has 4 heteroatoms. The van der Waals surface area contributed by atoms with Crippen LogP contribution in [-0.2, 0) is 10.4 Å². The summed E-state index contributed by atoms with van der Waals surface area (Å²) in [5.41, 5.74) is -1.25. The summed E-state index contributed by atoms with van der Waals surface area (Å²) in [5, 5.41) is 19.4. The first kappa shape index (κ1) is 12.2. The van der Waals surface area contributed by atoms with Crippen molar-refractivity contribution in [3.8, 4) is 0 Å². The van der Waals surface area contributed by atoms with Crippen molar-refractivity contribution in [2.45, 2.75) is 33.3 Å². The Hall–Kier alpha value is -0.870. The lowest BCUT2D eigenvalue weighted by Gasteiger charge is -2.27. The smallest absolute Gasteiger partial charge is 0.340 e. The van der Waals surface area contributed by atoms with Gasteiger partial charge in [-0.15, -0.1) is 11.3 Å². The van der Waals surface area contributed by atoms with Crippen molar-refractivity contribution in [1.29, 1.82) is 0 Å². The molecule has 1 unspecified atom stereocenters. The summed E-state index contributed by atoms with van der Waals surface area (Å²) in [5.74, 6) is -1.54. The van der Waals surface area contributed by atoms with Crippen molar-refractivity contribution >= 4 is 17.3 Å². The summed E-state index contributed by atoms with van der Waals surface area (Å²) in [6, 6.07) is 1.76.